The zero-order chi connectivity index (χ0) is 19.3. The minimum atomic E-state index is -0.312. The summed E-state index contributed by atoms with van der Waals surface area (Å²) < 4.78 is 13.1. The van der Waals surface area contributed by atoms with Crippen LogP contribution >= 0.6 is 0 Å². The Balaban J connectivity index is 1.65. The minimum absolute atomic E-state index is 0.144. The predicted octanol–water partition coefficient (Wildman–Crippen LogP) is 3.05. The average Bonchev–Trinajstić information content (AvgIpc) is 3.28. The van der Waals surface area contributed by atoms with Gasteiger partial charge in [-0.3, -0.25) is 0 Å². The summed E-state index contributed by atoms with van der Waals surface area (Å²) >= 11 is 0. The highest BCUT2D eigenvalue weighted by atomic mass is 16.5. The molecule has 1 saturated carbocycles. The van der Waals surface area contributed by atoms with E-state index in [2.05, 4.69) is 23.2 Å². The van der Waals surface area contributed by atoms with E-state index in [9.17, 15) is 5.26 Å². The molecular weight excluding hydrogens is 356 g/mol. The van der Waals surface area contributed by atoms with E-state index in [1.807, 2.05) is 28.9 Å². The summed E-state index contributed by atoms with van der Waals surface area (Å²) in [5.74, 6) is 0.950. The first-order valence-electron chi connectivity index (χ1n) is 9.26. The zero-order valence-corrected chi connectivity index (χ0v) is 15.3. The van der Waals surface area contributed by atoms with Crippen molar-refractivity contribution in [3.05, 3.63) is 58.9 Å². The van der Waals surface area contributed by atoms with Gasteiger partial charge in [0.05, 0.1) is 23.2 Å². The van der Waals surface area contributed by atoms with Gasteiger partial charge in [0, 0.05) is 5.56 Å². The van der Waals surface area contributed by atoms with Crippen LogP contribution in [0.25, 0.3) is 11.5 Å². The number of ether oxygens (including phenoxy) is 1. The molecule has 1 aliphatic heterocycles. The van der Waals surface area contributed by atoms with Crippen molar-refractivity contribution in [1.82, 2.24) is 20.0 Å². The van der Waals surface area contributed by atoms with Gasteiger partial charge in [-0.25, -0.2) is 4.68 Å². The van der Waals surface area contributed by atoms with Crippen molar-refractivity contribution < 1.29 is 9.15 Å². The van der Waals surface area contributed by atoms with Crippen molar-refractivity contribution in [3.63, 3.8) is 0 Å². The predicted molar refractivity (Wildman–Crippen MR) is 98.9 cm³/mol. The van der Waals surface area contributed by atoms with Crippen LogP contribution in [0.3, 0.4) is 0 Å². The first-order chi connectivity index (χ1) is 13.7. The summed E-state index contributed by atoms with van der Waals surface area (Å²) in [6.45, 7) is 2.06. The lowest BCUT2D eigenvalue weighted by molar-refractivity contribution is 0.347. The lowest BCUT2D eigenvalue weighted by atomic mass is 9.83. The Morgan fingerprint density at radius 3 is 2.68 bits per heavy atom. The Labute approximate surface area is 161 Å². The van der Waals surface area contributed by atoms with Gasteiger partial charge in [0.15, 0.2) is 0 Å². The third-order valence-corrected chi connectivity index (χ3v) is 5.23. The van der Waals surface area contributed by atoms with Crippen LogP contribution in [0, 0.1) is 11.3 Å². The molecule has 1 atom stereocenters. The van der Waals surface area contributed by atoms with Crippen LogP contribution < -0.4 is 10.5 Å². The number of nitrogens with two attached hydrogens (primary N) is 1. The van der Waals surface area contributed by atoms with Crippen molar-refractivity contribution in [2.75, 3.05) is 0 Å². The van der Waals surface area contributed by atoms with Gasteiger partial charge in [-0.2, -0.15) is 10.4 Å². The minimum Gasteiger partial charge on any atom is -0.423 e. The Morgan fingerprint density at radius 1 is 1.29 bits per heavy atom. The lowest BCUT2D eigenvalue weighted by Gasteiger charge is -2.25. The molecule has 0 radical (unpaired) electrons. The Morgan fingerprint density at radius 2 is 2.07 bits per heavy atom. The molecule has 0 spiro atoms. The fourth-order valence-electron chi connectivity index (χ4n) is 3.71. The number of benzene rings is 1. The summed E-state index contributed by atoms with van der Waals surface area (Å²) in [5, 5.41) is 22.2. The third-order valence-electron chi connectivity index (χ3n) is 5.23. The van der Waals surface area contributed by atoms with E-state index in [4.69, 9.17) is 20.0 Å². The van der Waals surface area contributed by atoms with Gasteiger partial charge >= 0.3 is 0 Å². The zero-order valence-electron chi connectivity index (χ0n) is 15.3. The second-order valence-electron chi connectivity index (χ2n) is 6.99. The topological polar surface area (TPSA) is 116 Å². The molecule has 2 aromatic heterocycles. The number of allylic oxidation sites excluding steroid dienone is 1. The highest BCUT2D eigenvalue weighted by Crippen LogP contribution is 2.48. The fraction of sp³-hybridized carbons (Fsp3) is 0.300. The van der Waals surface area contributed by atoms with Gasteiger partial charge in [-0.05, 0) is 37.0 Å². The molecule has 0 saturated heterocycles. The van der Waals surface area contributed by atoms with Gasteiger partial charge in [0.2, 0.25) is 24.0 Å². The van der Waals surface area contributed by atoms with E-state index in [1.165, 1.54) is 6.39 Å². The van der Waals surface area contributed by atoms with Crippen molar-refractivity contribution in [3.8, 4) is 23.4 Å². The summed E-state index contributed by atoms with van der Waals surface area (Å²) in [7, 11) is 0. The van der Waals surface area contributed by atoms with Crippen molar-refractivity contribution in [1.29, 1.82) is 5.26 Å². The number of rotatable bonds is 4. The Bertz CT molecular complexity index is 1100. The fourth-order valence-corrected chi connectivity index (χ4v) is 3.71. The van der Waals surface area contributed by atoms with Crippen molar-refractivity contribution in [2.24, 2.45) is 5.73 Å². The molecule has 0 amide bonds. The molecular formula is C20H18N6O2. The largest absolute Gasteiger partial charge is 0.423 e. The second-order valence-corrected chi connectivity index (χ2v) is 6.99. The summed E-state index contributed by atoms with van der Waals surface area (Å²) in [4.78, 5) is 0. The molecule has 0 bridgehead atoms. The van der Waals surface area contributed by atoms with Crippen LogP contribution in [0.15, 0.2) is 46.5 Å². The van der Waals surface area contributed by atoms with Gasteiger partial charge < -0.3 is 14.9 Å². The first kappa shape index (κ1) is 16.6. The third kappa shape index (κ3) is 2.47. The maximum atomic E-state index is 9.79. The number of fused-ring (bicyclic) bond motifs is 1. The van der Waals surface area contributed by atoms with Crippen LogP contribution in [-0.2, 0) is 6.42 Å². The second kappa shape index (κ2) is 6.23. The molecule has 8 heteroatoms. The maximum Gasteiger partial charge on any atom is 0.247 e. The number of aromatic nitrogens is 4. The van der Waals surface area contributed by atoms with Crippen LogP contribution in [0.1, 0.15) is 48.5 Å². The first-order valence-corrected chi connectivity index (χ1v) is 9.26. The standard InChI is InChI=1S/C20H18N6O2/c1-2-15-17-16(11-3-5-12(6-4-11)19-24-23-10-27-19)14(9-21)18(22)28-20(17)26(25-15)13-7-8-13/h3-6,10,13,16H,2,7-8,22H2,1H3. The monoisotopic (exact) mass is 374 g/mol. The van der Waals surface area contributed by atoms with Gasteiger partial charge in [0.25, 0.3) is 0 Å². The molecule has 5 rings (SSSR count). The maximum absolute atomic E-state index is 9.79. The van der Waals surface area contributed by atoms with Crippen LogP contribution in [-0.4, -0.2) is 20.0 Å². The van der Waals surface area contributed by atoms with Crippen molar-refractivity contribution in [2.45, 2.75) is 38.1 Å². The molecule has 1 fully saturated rings. The lowest BCUT2D eigenvalue weighted by Crippen LogP contribution is -2.22. The summed E-state index contributed by atoms with van der Waals surface area (Å²) in [6, 6.07) is 10.3. The SMILES string of the molecule is CCc1nn(C2CC2)c2c1C(c1ccc(-c3nnco3)cc1)C(C#N)=C(N)O2. The van der Waals surface area contributed by atoms with Crippen LogP contribution in [0.5, 0.6) is 5.88 Å². The van der Waals surface area contributed by atoms with Gasteiger partial charge in [-0.15, -0.1) is 10.2 Å². The molecule has 3 heterocycles. The van der Waals surface area contributed by atoms with E-state index in [0.29, 0.717) is 23.4 Å². The highest BCUT2D eigenvalue weighted by molar-refractivity contribution is 5.59. The van der Waals surface area contributed by atoms with E-state index in [-0.39, 0.29) is 11.8 Å². The van der Waals surface area contributed by atoms with E-state index in [1.54, 1.807) is 0 Å². The van der Waals surface area contributed by atoms with Gasteiger partial charge in [0.1, 0.15) is 11.6 Å². The molecule has 1 aliphatic carbocycles. The van der Waals surface area contributed by atoms with E-state index in [0.717, 1.165) is 41.6 Å². The molecule has 2 N–H and O–H groups in total. The number of nitrogens with zero attached hydrogens (tertiary/aromatic N) is 5. The molecule has 3 aromatic rings. The molecule has 1 aromatic carbocycles. The van der Waals surface area contributed by atoms with Crippen LogP contribution in [0.2, 0.25) is 0 Å². The summed E-state index contributed by atoms with van der Waals surface area (Å²) in [6.07, 6.45) is 4.21. The summed E-state index contributed by atoms with van der Waals surface area (Å²) in [5.41, 5.74) is 10.2. The highest BCUT2D eigenvalue weighted by Gasteiger charge is 2.39. The van der Waals surface area contributed by atoms with E-state index < -0.39 is 0 Å². The number of hydrogen-bond acceptors (Lipinski definition) is 7. The number of aryl methyl sites for hydroxylation is 1. The molecule has 2 aliphatic rings. The molecule has 8 nitrogen and oxygen atoms in total. The average molecular weight is 374 g/mol. The van der Waals surface area contributed by atoms with Crippen molar-refractivity contribution >= 4 is 0 Å². The molecule has 28 heavy (non-hydrogen) atoms. The molecule has 140 valence electrons. The van der Waals surface area contributed by atoms with Crippen LogP contribution in [0.4, 0.5) is 0 Å². The Kier molecular flexibility index (Phi) is 3.69. The van der Waals surface area contributed by atoms with E-state index >= 15 is 0 Å². The van der Waals surface area contributed by atoms with Gasteiger partial charge in [-0.1, -0.05) is 19.1 Å². The quantitative estimate of drug-likeness (QED) is 0.746. The molecule has 1 unspecified atom stereocenters. The number of hydrogen-bond donors (Lipinski definition) is 1. The smallest absolute Gasteiger partial charge is 0.247 e. The number of nitriles is 1. The normalized spacial score (nSPS) is 18.5. The Hall–Kier alpha value is -3.60.